The molecule has 2 rings (SSSR count). The number of piperidine rings is 1. The van der Waals surface area contributed by atoms with E-state index in [2.05, 4.69) is 33.0 Å². The number of rotatable bonds is 2. The van der Waals surface area contributed by atoms with Crippen molar-refractivity contribution >= 4 is 34.8 Å². The average molecular weight is 337 g/mol. The van der Waals surface area contributed by atoms with E-state index >= 15 is 0 Å². The van der Waals surface area contributed by atoms with Crippen molar-refractivity contribution in [2.24, 2.45) is 0 Å². The van der Waals surface area contributed by atoms with Gasteiger partial charge in [0.25, 0.3) is 0 Å². The molecule has 2 nitrogen and oxygen atoms in total. The van der Waals surface area contributed by atoms with Gasteiger partial charge in [-0.15, -0.1) is 0 Å². The van der Waals surface area contributed by atoms with Crippen LogP contribution in [0.15, 0.2) is 12.1 Å². The fourth-order valence-electron chi connectivity index (χ4n) is 3.09. The molecule has 1 aliphatic rings. The van der Waals surface area contributed by atoms with E-state index in [4.69, 9.17) is 39.5 Å². The van der Waals surface area contributed by atoms with Gasteiger partial charge in [-0.05, 0) is 39.8 Å². The van der Waals surface area contributed by atoms with E-state index in [0.29, 0.717) is 20.8 Å². The number of halogens is 3. The van der Waals surface area contributed by atoms with Crippen molar-refractivity contribution in [3.8, 4) is 5.75 Å². The van der Waals surface area contributed by atoms with Crippen LogP contribution in [0, 0.1) is 0 Å². The minimum Gasteiger partial charge on any atom is -0.489 e. The topological polar surface area (TPSA) is 21.3 Å². The smallest absolute Gasteiger partial charge is 0.139 e. The maximum Gasteiger partial charge on any atom is 0.139 e. The van der Waals surface area contributed by atoms with Crippen molar-refractivity contribution in [3.05, 3.63) is 27.2 Å². The number of ether oxygens (including phenoxy) is 1. The van der Waals surface area contributed by atoms with Crippen LogP contribution in [0.2, 0.25) is 15.1 Å². The summed E-state index contributed by atoms with van der Waals surface area (Å²) >= 11 is 18.2. The van der Waals surface area contributed by atoms with E-state index in [9.17, 15) is 0 Å². The fraction of sp³-hybridized carbons (Fsp3) is 0.600. The molecular weight excluding hydrogens is 317 g/mol. The van der Waals surface area contributed by atoms with E-state index in [-0.39, 0.29) is 17.2 Å². The van der Waals surface area contributed by atoms with Gasteiger partial charge in [-0.2, -0.15) is 0 Å². The zero-order valence-electron chi connectivity index (χ0n) is 12.2. The van der Waals surface area contributed by atoms with Gasteiger partial charge in [-0.1, -0.05) is 34.8 Å². The van der Waals surface area contributed by atoms with E-state index in [0.717, 1.165) is 12.8 Å². The third-order valence-electron chi connectivity index (χ3n) is 3.45. The largest absolute Gasteiger partial charge is 0.489 e. The summed E-state index contributed by atoms with van der Waals surface area (Å²) in [4.78, 5) is 0. The van der Waals surface area contributed by atoms with Crippen molar-refractivity contribution in [2.75, 3.05) is 0 Å². The third kappa shape index (κ3) is 3.73. The summed E-state index contributed by atoms with van der Waals surface area (Å²) in [6.45, 7) is 8.73. The molecule has 1 saturated heterocycles. The zero-order chi connectivity index (χ0) is 15.1. The standard InChI is InChI=1S/C15H20Cl3NO/c1-14(2)7-9(8-15(3,4)19-14)20-11-6-5-10(16)12(17)13(11)18/h5-6,9,19H,7-8H2,1-4H3. The van der Waals surface area contributed by atoms with Gasteiger partial charge < -0.3 is 10.1 Å². The minimum absolute atomic E-state index is 0.0229. The molecule has 0 radical (unpaired) electrons. The fourth-order valence-corrected chi connectivity index (χ4v) is 3.66. The SMILES string of the molecule is CC1(C)CC(Oc2ccc(Cl)c(Cl)c2Cl)CC(C)(C)N1. The number of nitrogens with one attached hydrogen (secondary N) is 1. The molecule has 112 valence electrons. The number of benzene rings is 1. The van der Waals surface area contributed by atoms with Crippen molar-refractivity contribution in [2.45, 2.75) is 57.7 Å². The Morgan fingerprint density at radius 3 is 2.10 bits per heavy atom. The molecule has 0 atom stereocenters. The maximum atomic E-state index is 6.20. The number of hydrogen-bond acceptors (Lipinski definition) is 2. The van der Waals surface area contributed by atoms with Gasteiger partial charge >= 0.3 is 0 Å². The Bertz CT molecular complexity index is 498. The molecule has 5 heteroatoms. The van der Waals surface area contributed by atoms with Crippen LogP contribution in [0.1, 0.15) is 40.5 Å². The Labute approximate surface area is 135 Å². The van der Waals surface area contributed by atoms with E-state index < -0.39 is 0 Å². The normalized spacial score (nSPS) is 21.8. The molecule has 1 aliphatic heterocycles. The van der Waals surface area contributed by atoms with Crippen LogP contribution in [-0.4, -0.2) is 17.2 Å². The van der Waals surface area contributed by atoms with Crippen LogP contribution in [0.3, 0.4) is 0 Å². The van der Waals surface area contributed by atoms with Crippen LogP contribution in [0.25, 0.3) is 0 Å². The van der Waals surface area contributed by atoms with E-state index in [1.54, 1.807) is 12.1 Å². The maximum absolute atomic E-state index is 6.20. The predicted molar refractivity (Wildman–Crippen MR) is 86.4 cm³/mol. The Morgan fingerprint density at radius 2 is 1.55 bits per heavy atom. The van der Waals surface area contributed by atoms with Gasteiger partial charge in [0.05, 0.1) is 10.0 Å². The Kier molecular flexibility index (Phi) is 4.52. The second kappa shape index (κ2) is 5.57. The van der Waals surface area contributed by atoms with Gasteiger partial charge in [-0.25, -0.2) is 0 Å². The second-order valence-corrected chi connectivity index (χ2v) is 7.88. The lowest BCUT2D eigenvalue weighted by atomic mass is 9.81. The van der Waals surface area contributed by atoms with Crippen LogP contribution in [0.5, 0.6) is 5.75 Å². The van der Waals surface area contributed by atoms with Crippen LogP contribution >= 0.6 is 34.8 Å². The molecule has 0 unspecified atom stereocenters. The second-order valence-electron chi connectivity index (χ2n) is 6.71. The summed E-state index contributed by atoms with van der Waals surface area (Å²) in [7, 11) is 0. The first-order valence-electron chi connectivity index (χ1n) is 6.69. The third-order valence-corrected chi connectivity index (χ3v) is 4.72. The Morgan fingerprint density at radius 1 is 1.00 bits per heavy atom. The van der Waals surface area contributed by atoms with Crippen LogP contribution < -0.4 is 10.1 Å². The van der Waals surface area contributed by atoms with E-state index in [1.807, 2.05) is 0 Å². The molecular formula is C15H20Cl3NO. The molecule has 0 amide bonds. The van der Waals surface area contributed by atoms with Crippen LogP contribution in [-0.2, 0) is 0 Å². The predicted octanol–water partition coefficient (Wildman–Crippen LogP) is 5.33. The molecule has 20 heavy (non-hydrogen) atoms. The van der Waals surface area contributed by atoms with Crippen molar-refractivity contribution < 1.29 is 4.74 Å². The molecule has 1 fully saturated rings. The zero-order valence-corrected chi connectivity index (χ0v) is 14.5. The quantitative estimate of drug-likeness (QED) is 0.736. The minimum atomic E-state index is 0.0229. The molecule has 1 aromatic carbocycles. The van der Waals surface area contributed by atoms with Crippen molar-refractivity contribution in [3.63, 3.8) is 0 Å². The van der Waals surface area contributed by atoms with Gasteiger partial charge in [0.2, 0.25) is 0 Å². The summed E-state index contributed by atoms with van der Waals surface area (Å²) in [6, 6.07) is 3.49. The molecule has 0 saturated carbocycles. The highest BCUT2D eigenvalue weighted by Crippen LogP contribution is 2.39. The lowest BCUT2D eigenvalue weighted by molar-refractivity contribution is 0.0560. The molecule has 1 heterocycles. The summed E-state index contributed by atoms with van der Waals surface area (Å²) in [5, 5.41) is 4.79. The average Bonchev–Trinajstić information content (AvgIpc) is 2.26. The number of hydrogen-bond donors (Lipinski definition) is 1. The summed E-state index contributed by atoms with van der Waals surface area (Å²) in [5.41, 5.74) is 0.0459. The molecule has 1 aromatic rings. The summed E-state index contributed by atoms with van der Waals surface area (Å²) in [5.74, 6) is 0.597. The van der Waals surface area contributed by atoms with Crippen molar-refractivity contribution in [1.82, 2.24) is 5.32 Å². The monoisotopic (exact) mass is 335 g/mol. The molecule has 0 aromatic heterocycles. The van der Waals surface area contributed by atoms with Gasteiger partial charge in [0.15, 0.2) is 0 Å². The lowest BCUT2D eigenvalue weighted by Crippen LogP contribution is -2.60. The highest BCUT2D eigenvalue weighted by molar-refractivity contribution is 6.48. The molecule has 1 N–H and O–H groups in total. The molecule has 0 spiro atoms. The molecule has 0 aliphatic carbocycles. The summed E-state index contributed by atoms with van der Waals surface area (Å²) in [6.07, 6.45) is 1.91. The molecule has 0 bridgehead atoms. The van der Waals surface area contributed by atoms with E-state index in [1.165, 1.54) is 0 Å². The summed E-state index contributed by atoms with van der Waals surface area (Å²) < 4.78 is 6.08. The van der Waals surface area contributed by atoms with Gasteiger partial charge in [0, 0.05) is 23.9 Å². The van der Waals surface area contributed by atoms with Crippen molar-refractivity contribution in [1.29, 1.82) is 0 Å². The first kappa shape index (κ1) is 16.2. The van der Waals surface area contributed by atoms with Gasteiger partial charge in [-0.3, -0.25) is 0 Å². The lowest BCUT2D eigenvalue weighted by Gasteiger charge is -2.46. The Hall–Kier alpha value is -0.150. The van der Waals surface area contributed by atoms with Crippen LogP contribution in [0.4, 0.5) is 0 Å². The Balaban J connectivity index is 2.20. The first-order chi connectivity index (χ1) is 9.10. The highest BCUT2D eigenvalue weighted by Gasteiger charge is 2.38. The first-order valence-corrected chi connectivity index (χ1v) is 7.82. The van der Waals surface area contributed by atoms with Gasteiger partial charge in [0.1, 0.15) is 16.9 Å². The highest BCUT2D eigenvalue weighted by atomic mass is 35.5.